The van der Waals surface area contributed by atoms with Gasteiger partial charge in [-0.3, -0.25) is 0 Å². The second-order valence-corrected chi connectivity index (χ2v) is 4.20. The Balaban J connectivity index is 2.38. The molecule has 4 nitrogen and oxygen atoms in total. The summed E-state index contributed by atoms with van der Waals surface area (Å²) in [6.45, 7) is 0. The van der Waals surface area contributed by atoms with Gasteiger partial charge in [0, 0.05) is 6.07 Å². The fraction of sp³-hybridized carbons (Fsp3) is 0. The zero-order valence-electron chi connectivity index (χ0n) is 6.73. The van der Waals surface area contributed by atoms with Gasteiger partial charge >= 0.3 is 5.97 Å². The van der Waals surface area contributed by atoms with E-state index in [4.69, 9.17) is 21.2 Å². The number of carbonyl (C=O) groups is 1. The van der Waals surface area contributed by atoms with Gasteiger partial charge in [-0.1, -0.05) is 16.8 Å². The summed E-state index contributed by atoms with van der Waals surface area (Å²) in [4.78, 5) is 11.3. The van der Waals surface area contributed by atoms with Gasteiger partial charge in [-0.2, -0.15) is 0 Å². The molecular weight excluding hydrogens is 226 g/mol. The second-order valence-electron chi connectivity index (χ2n) is 2.49. The molecule has 2 aromatic heterocycles. The molecular formula is C8H4ClNO3S. The monoisotopic (exact) mass is 229 g/mol. The summed E-state index contributed by atoms with van der Waals surface area (Å²) in [5.74, 6) is -0.693. The molecule has 0 saturated carbocycles. The van der Waals surface area contributed by atoms with E-state index in [-0.39, 0.29) is 5.69 Å². The van der Waals surface area contributed by atoms with Crippen LogP contribution < -0.4 is 0 Å². The number of hydrogen-bond donors (Lipinski definition) is 1. The lowest BCUT2D eigenvalue weighted by atomic mass is 10.3. The molecule has 72 valence electrons. The molecule has 0 aliphatic heterocycles. The lowest BCUT2D eigenvalue weighted by Crippen LogP contribution is -1.94. The summed E-state index contributed by atoms with van der Waals surface area (Å²) >= 11 is 7.02. The van der Waals surface area contributed by atoms with Crippen LogP contribution in [-0.4, -0.2) is 16.2 Å². The van der Waals surface area contributed by atoms with Gasteiger partial charge in [-0.25, -0.2) is 4.79 Å². The first-order valence-electron chi connectivity index (χ1n) is 3.62. The van der Waals surface area contributed by atoms with E-state index in [9.17, 15) is 4.79 Å². The van der Waals surface area contributed by atoms with Crippen molar-refractivity contribution in [3.05, 3.63) is 28.2 Å². The van der Waals surface area contributed by atoms with Crippen LogP contribution in [0.25, 0.3) is 10.6 Å². The number of thiophene rings is 1. The summed E-state index contributed by atoms with van der Waals surface area (Å²) in [5.41, 5.74) is -0.107. The second kappa shape index (κ2) is 3.43. The molecule has 0 aromatic carbocycles. The van der Waals surface area contributed by atoms with Crippen molar-refractivity contribution in [1.82, 2.24) is 5.16 Å². The van der Waals surface area contributed by atoms with Gasteiger partial charge in [0.25, 0.3) is 0 Å². The zero-order valence-corrected chi connectivity index (χ0v) is 8.30. The average Bonchev–Trinajstić information content (AvgIpc) is 2.70. The maximum atomic E-state index is 10.5. The largest absolute Gasteiger partial charge is 0.476 e. The van der Waals surface area contributed by atoms with Crippen LogP contribution in [-0.2, 0) is 0 Å². The maximum Gasteiger partial charge on any atom is 0.358 e. The number of aromatic carboxylic acids is 1. The fourth-order valence-corrected chi connectivity index (χ4v) is 1.93. The maximum absolute atomic E-state index is 10.5. The zero-order chi connectivity index (χ0) is 10.1. The van der Waals surface area contributed by atoms with Gasteiger partial charge in [0.05, 0.1) is 9.21 Å². The van der Waals surface area contributed by atoms with Gasteiger partial charge in [-0.15, -0.1) is 11.3 Å². The van der Waals surface area contributed by atoms with Crippen LogP contribution in [0, 0.1) is 0 Å². The van der Waals surface area contributed by atoms with E-state index in [0.717, 1.165) is 4.88 Å². The lowest BCUT2D eigenvalue weighted by molar-refractivity contribution is 0.0686. The van der Waals surface area contributed by atoms with E-state index in [0.29, 0.717) is 10.1 Å². The summed E-state index contributed by atoms with van der Waals surface area (Å²) in [6.07, 6.45) is 0. The number of carboxylic acids is 1. The van der Waals surface area contributed by atoms with Gasteiger partial charge in [-0.05, 0) is 12.1 Å². The quantitative estimate of drug-likeness (QED) is 0.860. The van der Waals surface area contributed by atoms with Crippen molar-refractivity contribution in [2.24, 2.45) is 0 Å². The Morgan fingerprint density at radius 3 is 2.86 bits per heavy atom. The van der Waals surface area contributed by atoms with Crippen LogP contribution in [0.4, 0.5) is 0 Å². The number of nitrogens with zero attached hydrogens (tertiary/aromatic N) is 1. The van der Waals surface area contributed by atoms with Crippen LogP contribution in [0.2, 0.25) is 4.34 Å². The third-order valence-electron chi connectivity index (χ3n) is 1.55. The molecule has 14 heavy (non-hydrogen) atoms. The number of hydrogen-bond acceptors (Lipinski definition) is 4. The van der Waals surface area contributed by atoms with Crippen molar-refractivity contribution < 1.29 is 14.4 Å². The molecule has 0 saturated heterocycles. The number of carboxylic acid groups (broad SMARTS) is 1. The molecule has 0 spiro atoms. The van der Waals surface area contributed by atoms with E-state index in [1.165, 1.54) is 17.4 Å². The highest BCUT2D eigenvalue weighted by Gasteiger charge is 2.13. The van der Waals surface area contributed by atoms with Crippen LogP contribution in [0.3, 0.4) is 0 Å². The molecule has 0 amide bonds. The fourth-order valence-electron chi connectivity index (χ4n) is 0.939. The van der Waals surface area contributed by atoms with E-state index in [1.54, 1.807) is 12.1 Å². The Bertz CT molecular complexity index is 476. The van der Waals surface area contributed by atoms with Crippen LogP contribution in [0.1, 0.15) is 10.5 Å². The number of rotatable bonds is 2. The molecule has 0 aliphatic carbocycles. The summed E-state index contributed by atoms with van der Waals surface area (Å²) in [7, 11) is 0. The van der Waals surface area contributed by atoms with Crippen LogP contribution >= 0.6 is 22.9 Å². The third-order valence-corrected chi connectivity index (χ3v) is 2.79. The van der Waals surface area contributed by atoms with Crippen molar-refractivity contribution in [2.75, 3.05) is 0 Å². The first kappa shape index (κ1) is 9.23. The number of aromatic nitrogens is 1. The smallest absolute Gasteiger partial charge is 0.358 e. The van der Waals surface area contributed by atoms with E-state index in [2.05, 4.69) is 5.16 Å². The molecule has 0 unspecified atom stereocenters. The minimum atomic E-state index is -1.11. The SMILES string of the molecule is O=C(O)c1cc(-c2ccc(Cl)s2)on1. The molecule has 2 rings (SSSR count). The molecule has 0 bridgehead atoms. The Morgan fingerprint density at radius 2 is 2.36 bits per heavy atom. The van der Waals surface area contributed by atoms with Crippen LogP contribution in [0.15, 0.2) is 22.7 Å². The summed E-state index contributed by atoms with van der Waals surface area (Å²) in [5, 5.41) is 12.0. The van der Waals surface area contributed by atoms with E-state index < -0.39 is 5.97 Å². The first-order chi connectivity index (χ1) is 6.66. The number of halogens is 1. The standard InChI is InChI=1S/C8H4ClNO3S/c9-7-2-1-6(14-7)5-3-4(8(11)12)10-13-5/h1-3H,(H,11,12). The van der Waals surface area contributed by atoms with Gasteiger partial charge in [0.15, 0.2) is 11.5 Å². The summed E-state index contributed by atoms with van der Waals surface area (Å²) in [6, 6.07) is 4.83. The highest BCUT2D eigenvalue weighted by molar-refractivity contribution is 7.19. The van der Waals surface area contributed by atoms with Gasteiger partial charge in [0.1, 0.15) is 0 Å². The predicted octanol–water partition coefficient (Wildman–Crippen LogP) is 2.75. The third kappa shape index (κ3) is 1.64. The molecule has 2 aromatic rings. The molecule has 6 heteroatoms. The predicted molar refractivity (Wildman–Crippen MR) is 51.8 cm³/mol. The minimum Gasteiger partial charge on any atom is -0.476 e. The van der Waals surface area contributed by atoms with Gasteiger partial charge < -0.3 is 9.63 Å². The Hall–Kier alpha value is -1.33. The minimum absolute atomic E-state index is 0.107. The van der Waals surface area contributed by atoms with Crippen molar-refractivity contribution in [1.29, 1.82) is 0 Å². The molecule has 0 radical (unpaired) electrons. The van der Waals surface area contributed by atoms with Gasteiger partial charge in [0.2, 0.25) is 0 Å². The molecule has 2 heterocycles. The molecule has 0 fully saturated rings. The van der Waals surface area contributed by atoms with E-state index in [1.807, 2.05) is 0 Å². The topological polar surface area (TPSA) is 63.3 Å². The Morgan fingerprint density at radius 1 is 1.57 bits per heavy atom. The van der Waals surface area contributed by atoms with Crippen molar-refractivity contribution in [2.45, 2.75) is 0 Å². The van der Waals surface area contributed by atoms with Crippen molar-refractivity contribution in [3.8, 4) is 10.6 Å². The van der Waals surface area contributed by atoms with Crippen molar-refractivity contribution in [3.63, 3.8) is 0 Å². The van der Waals surface area contributed by atoms with E-state index >= 15 is 0 Å². The Labute approximate surface area is 87.7 Å². The lowest BCUT2D eigenvalue weighted by Gasteiger charge is -1.83. The first-order valence-corrected chi connectivity index (χ1v) is 4.82. The highest BCUT2D eigenvalue weighted by atomic mass is 35.5. The molecule has 1 N–H and O–H groups in total. The average molecular weight is 230 g/mol. The Kier molecular flexibility index (Phi) is 2.26. The highest BCUT2D eigenvalue weighted by Crippen LogP contribution is 2.31. The summed E-state index contributed by atoms with van der Waals surface area (Å²) < 4.78 is 5.47. The molecule has 0 aliphatic rings. The normalized spacial score (nSPS) is 10.4. The van der Waals surface area contributed by atoms with Crippen molar-refractivity contribution >= 4 is 28.9 Å². The van der Waals surface area contributed by atoms with Crippen LogP contribution in [0.5, 0.6) is 0 Å². The molecule has 0 atom stereocenters.